The van der Waals surface area contributed by atoms with E-state index in [2.05, 4.69) is 88.8 Å². The molecule has 0 aliphatic carbocycles. The van der Waals surface area contributed by atoms with Crippen LogP contribution < -0.4 is 0 Å². The molecule has 3 heteroatoms. The van der Waals surface area contributed by atoms with E-state index in [1.807, 2.05) is 30.5 Å². The third-order valence-corrected chi connectivity index (χ3v) is 6.67. The van der Waals surface area contributed by atoms with E-state index in [9.17, 15) is 0 Å². The molecule has 0 bridgehead atoms. The SMILES string of the molecule is [2H]C([2H])([2H])c1c[c-]c(-c2ccc(C([2H])([2H])[2H])cn2)cc1.[Ir].[c-]1ccc(-c2cc3ccccc3c3ccccc23)cc1-c1ccccn1. The van der Waals surface area contributed by atoms with Crippen LogP contribution in [0.4, 0.5) is 0 Å². The standard InChI is InChI=1S/C25H16N.C13H12N.Ir/c1-2-11-21-19(8-1)17-24(23-13-4-3-12-22(21)23)18-9-7-10-20(16-18)25-14-5-6-15-26-25;1-10-3-6-12(7-4-10)13-8-5-11(2)9-14-13;/h1-9,11-17H;3-6,8-9H,1-2H3;/q2*-1;/i;1D3,2D3;. The molecule has 0 aliphatic heterocycles. The monoisotopic (exact) mass is 711 g/mol. The Balaban J connectivity index is 0.000000188. The van der Waals surface area contributed by atoms with Gasteiger partial charge >= 0.3 is 0 Å². The molecule has 2 heterocycles. The molecule has 0 saturated carbocycles. The van der Waals surface area contributed by atoms with E-state index in [4.69, 9.17) is 8.22 Å². The van der Waals surface area contributed by atoms with Crippen LogP contribution >= 0.6 is 0 Å². The van der Waals surface area contributed by atoms with E-state index in [1.54, 1.807) is 12.1 Å². The number of aromatic nitrogens is 2. The second-order valence-corrected chi connectivity index (χ2v) is 9.32. The second kappa shape index (κ2) is 12.8. The van der Waals surface area contributed by atoms with Gasteiger partial charge in [-0.1, -0.05) is 79.6 Å². The van der Waals surface area contributed by atoms with Gasteiger partial charge in [0.05, 0.1) is 0 Å². The van der Waals surface area contributed by atoms with Gasteiger partial charge in [0.2, 0.25) is 0 Å². The summed E-state index contributed by atoms with van der Waals surface area (Å²) in [7, 11) is 0. The third kappa shape index (κ3) is 6.33. The van der Waals surface area contributed by atoms with Gasteiger partial charge in [0.25, 0.3) is 0 Å². The second-order valence-electron chi connectivity index (χ2n) is 9.32. The Morgan fingerprint density at radius 2 is 1.37 bits per heavy atom. The molecule has 5 aromatic carbocycles. The minimum absolute atomic E-state index is 0. The topological polar surface area (TPSA) is 25.8 Å². The third-order valence-electron chi connectivity index (χ3n) is 6.67. The van der Waals surface area contributed by atoms with E-state index in [0.717, 1.165) is 11.3 Å². The fraction of sp³-hybridized carbons (Fsp3) is 0.0526. The fourth-order valence-corrected chi connectivity index (χ4v) is 4.73. The quantitative estimate of drug-likeness (QED) is 0.135. The molecule has 0 atom stereocenters. The van der Waals surface area contributed by atoms with Gasteiger partial charge in [0, 0.05) is 40.7 Å². The van der Waals surface area contributed by atoms with Crippen molar-refractivity contribution in [3.63, 3.8) is 0 Å². The van der Waals surface area contributed by atoms with Crippen LogP contribution in [0.15, 0.2) is 134 Å². The molecule has 2 aromatic heterocycles. The van der Waals surface area contributed by atoms with E-state index in [1.165, 1.54) is 57.1 Å². The van der Waals surface area contributed by atoms with Gasteiger partial charge in [-0.3, -0.25) is 0 Å². The summed E-state index contributed by atoms with van der Waals surface area (Å²) in [6.45, 7) is -4.34. The average molecular weight is 711 g/mol. The van der Waals surface area contributed by atoms with Crippen molar-refractivity contribution in [2.24, 2.45) is 0 Å². The Morgan fingerprint density at radius 1 is 0.610 bits per heavy atom. The molecular weight excluding hydrogens is 677 g/mol. The first kappa shape index (κ1) is 21.3. The molecule has 1 radical (unpaired) electrons. The van der Waals surface area contributed by atoms with Crippen molar-refractivity contribution in [3.8, 4) is 33.6 Å². The van der Waals surface area contributed by atoms with Gasteiger partial charge in [-0.25, -0.2) is 0 Å². The summed E-state index contributed by atoms with van der Waals surface area (Å²) in [5.74, 6) is 0. The Kier molecular flexibility index (Phi) is 6.67. The zero-order valence-electron chi connectivity index (χ0n) is 27.9. The number of aryl methyl sites for hydroxylation is 2. The molecule has 0 amide bonds. The van der Waals surface area contributed by atoms with Crippen LogP contribution in [0.25, 0.3) is 55.2 Å². The maximum Gasteiger partial charge on any atom is 0.0280 e. The molecule has 2 nitrogen and oxygen atoms in total. The number of rotatable bonds is 3. The van der Waals surface area contributed by atoms with Crippen LogP contribution in [0, 0.1) is 25.8 Å². The van der Waals surface area contributed by atoms with Crippen molar-refractivity contribution >= 4 is 21.5 Å². The van der Waals surface area contributed by atoms with Gasteiger partial charge in [-0.15, -0.1) is 70.8 Å². The summed E-state index contributed by atoms with van der Waals surface area (Å²) >= 11 is 0. The van der Waals surface area contributed by atoms with Crippen molar-refractivity contribution in [1.82, 2.24) is 9.97 Å². The van der Waals surface area contributed by atoms with Crippen LogP contribution in [0.3, 0.4) is 0 Å². The van der Waals surface area contributed by atoms with Crippen LogP contribution in [-0.4, -0.2) is 9.97 Å². The van der Waals surface area contributed by atoms with Gasteiger partial charge in [-0.05, 0) is 63.0 Å². The van der Waals surface area contributed by atoms with Crippen molar-refractivity contribution < 1.29 is 28.3 Å². The van der Waals surface area contributed by atoms with E-state index < -0.39 is 13.7 Å². The Labute approximate surface area is 263 Å². The van der Waals surface area contributed by atoms with Crippen molar-refractivity contribution in [3.05, 3.63) is 157 Å². The smallest absolute Gasteiger partial charge is 0.0280 e. The van der Waals surface area contributed by atoms with Crippen molar-refractivity contribution in [2.75, 3.05) is 0 Å². The molecule has 7 aromatic rings. The molecule has 0 spiro atoms. The summed E-state index contributed by atoms with van der Waals surface area (Å²) in [6, 6.07) is 45.5. The largest absolute Gasteiger partial charge is 0.305 e. The minimum Gasteiger partial charge on any atom is -0.305 e. The van der Waals surface area contributed by atoms with Crippen LogP contribution in [0.5, 0.6) is 0 Å². The first-order chi connectivity index (χ1) is 22.1. The predicted molar refractivity (Wildman–Crippen MR) is 167 cm³/mol. The van der Waals surface area contributed by atoms with Gasteiger partial charge in [0.15, 0.2) is 0 Å². The zero-order chi connectivity index (χ0) is 32.3. The summed E-state index contributed by atoms with van der Waals surface area (Å²) < 4.78 is 43.6. The number of hydrogen-bond donors (Lipinski definition) is 0. The minimum atomic E-state index is -2.18. The van der Waals surface area contributed by atoms with Gasteiger partial charge < -0.3 is 9.97 Å². The molecular formula is C38H28IrN2-2. The van der Waals surface area contributed by atoms with E-state index >= 15 is 0 Å². The molecule has 0 aliphatic rings. The fourth-order valence-electron chi connectivity index (χ4n) is 4.73. The number of benzene rings is 5. The zero-order valence-corrected chi connectivity index (χ0v) is 24.3. The van der Waals surface area contributed by atoms with Gasteiger partial charge in [0.1, 0.15) is 0 Å². The summed E-state index contributed by atoms with van der Waals surface area (Å²) in [6.07, 6.45) is 3.12. The molecule has 0 fully saturated rings. The van der Waals surface area contributed by atoms with Crippen LogP contribution in [0.2, 0.25) is 0 Å². The van der Waals surface area contributed by atoms with Crippen LogP contribution in [-0.2, 0) is 20.1 Å². The Hall–Kier alpha value is -4.43. The summed E-state index contributed by atoms with van der Waals surface area (Å²) in [5, 5.41) is 5.10. The average Bonchev–Trinajstić information content (AvgIpc) is 3.08. The molecule has 41 heavy (non-hydrogen) atoms. The molecule has 201 valence electrons. The Morgan fingerprint density at radius 3 is 2.10 bits per heavy atom. The molecule has 0 N–H and O–H groups in total. The van der Waals surface area contributed by atoms with Crippen molar-refractivity contribution in [2.45, 2.75) is 13.7 Å². The molecule has 0 saturated heterocycles. The molecule has 7 rings (SSSR count). The maximum absolute atomic E-state index is 7.28. The molecule has 0 unspecified atom stereocenters. The predicted octanol–water partition coefficient (Wildman–Crippen LogP) is 9.69. The normalized spacial score (nSPS) is 13.3. The van der Waals surface area contributed by atoms with E-state index in [0.29, 0.717) is 11.3 Å². The maximum atomic E-state index is 7.28. The first-order valence-electron chi connectivity index (χ1n) is 15.9. The number of nitrogens with zero attached hydrogens (tertiary/aromatic N) is 2. The van der Waals surface area contributed by atoms with Crippen LogP contribution in [0.1, 0.15) is 19.4 Å². The number of pyridine rings is 2. The van der Waals surface area contributed by atoms with Gasteiger partial charge in [-0.2, -0.15) is 0 Å². The summed E-state index contributed by atoms with van der Waals surface area (Å²) in [4.78, 5) is 8.54. The first-order valence-corrected chi connectivity index (χ1v) is 12.9. The number of hydrogen-bond acceptors (Lipinski definition) is 2. The van der Waals surface area contributed by atoms with E-state index in [-0.39, 0.29) is 31.2 Å². The van der Waals surface area contributed by atoms with Crippen molar-refractivity contribution in [1.29, 1.82) is 0 Å². The summed E-state index contributed by atoms with van der Waals surface area (Å²) in [5.41, 5.74) is 5.93. The Bertz CT molecular complexity index is 2050. The number of fused-ring (bicyclic) bond motifs is 3.